The maximum atomic E-state index is 11.5. The number of unbranched alkanes of at least 4 members (excludes halogenated alkanes) is 1. The number of urea groups is 1. The zero-order valence-corrected chi connectivity index (χ0v) is 10.2. The molecule has 0 aliphatic carbocycles. The fraction of sp³-hybridized carbons (Fsp3) is 0.417. The van der Waals surface area contributed by atoms with E-state index in [4.69, 9.17) is 10.5 Å². The summed E-state index contributed by atoms with van der Waals surface area (Å²) in [6, 6.07) is 4.90. The molecule has 0 saturated heterocycles. The van der Waals surface area contributed by atoms with E-state index in [0.29, 0.717) is 23.7 Å². The molecule has 0 saturated carbocycles. The SMILES string of the molecule is CCCCNC(=O)Nc1ccc(N)c(OC)c1. The third-order valence-electron chi connectivity index (χ3n) is 2.31. The van der Waals surface area contributed by atoms with Gasteiger partial charge in [-0.15, -0.1) is 0 Å². The number of nitrogens with two attached hydrogens (primary N) is 1. The Morgan fingerprint density at radius 3 is 2.88 bits per heavy atom. The first-order valence-electron chi connectivity index (χ1n) is 5.65. The first kappa shape index (κ1) is 13.2. The number of methoxy groups -OCH3 is 1. The molecule has 0 aliphatic rings. The first-order valence-corrected chi connectivity index (χ1v) is 5.65. The monoisotopic (exact) mass is 237 g/mol. The number of benzene rings is 1. The third kappa shape index (κ3) is 4.22. The van der Waals surface area contributed by atoms with Gasteiger partial charge in [-0.2, -0.15) is 0 Å². The number of nitrogens with one attached hydrogen (secondary N) is 2. The van der Waals surface area contributed by atoms with Crippen molar-refractivity contribution in [2.24, 2.45) is 0 Å². The zero-order chi connectivity index (χ0) is 12.7. The summed E-state index contributed by atoms with van der Waals surface area (Å²) >= 11 is 0. The van der Waals surface area contributed by atoms with Crippen LogP contribution in [0.5, 0.6) is 5.75 Å². The van der Waals surface area contributed by atoms with Gasteiger partial charge in [0.25, 0.3) is 0 Å². The quantitative estimate of drug-likeness (QED) is 0.542. The van der Waals surface area contributed by atoms with Gasteiger partial charge in [0, 0.05) is 18.3 Å². The molecule has 0 fully saturated rings. The van der Waals surface area contributed by atoms with E-state index in [1.807, 2.05) is 0 Å². The van der Waals surface area contributed by atoms with Crippen molar-refractivity contribution in [1.82, 2.24) is 5.32 Å². The lowest BCUT2D eigenvalue weighted by atomic mass is 10.2. The molecule has 0 radical (unpaired) electrons. The highest BCUT2D eigenvalue weighted by molar-refractivity contribution is 5.89. The second-order valence-electron chi connectivity index (χ2n) is 3.69. The van der Waals surface area contributed by atoms with E-state index in [9.17, 15) is 4.79 Å². The number of rotatable bonds is 5. The molecule has 0 unspecified atom stereocenters. The van der Waals surface area contributed by atoms with Gasteiger partial charge < -0.3 is 21.1 Å². The Morgan fingerprint density at radius 1 is 1.47 bits per heavy atom. The Bertz CT molecular complexity index is 380. The van der Waals surface area contributed by atoms with Crippen molar-refractivity contribution in [3.8, 4) is 5.75 Å². The Hall–Kier alpha value is -1.91. The van der Waals surface area contributed by atoms with E-state index < -0.39 is 0 Å². The number of carbonyl (C=O) groups excluding carboxylic acids is 1. The fourth-order valence-corrected chi connectivity index (χ4v) is 1.34. The Balaban J connectivity index is 2.53. The summed E-state index contributed by atoms with van der Waals surface area (Å²) in [6.07, 6.45) is 2.02. The van der Waals surface area contributed by atoms with Gasteiger partial charge in [-0.3, -0.25) is 0 Å². The summed E-state index contributed by atoms with van der Waals surface area (Å²) in [5, 5.41) is 5.48. The lowest BCUT2D eigenvalue weighted by molar-refractivity contribution is 0.252. The Kier molecular flexibility index (Phi) is 5.13. The van der Waals surface area contributed by atoms with E-state index in [0.717, 1.165) is 12.8 Å². The molecule has 1 rings (SSSR count). The van der Waals surface area contributed by atoms with Crippen molar-refractivity contribution >= 4 is 17.4 Å². The lowest BCUT2D eigenvalue weighted by Gasteiger charge is -2.09. The molecule has 0 aliphatic heterocycles. The first-order chi connectivity index (χ1) is 8.17. The fourth-order valence-electron chi connectivity index (χ4n) is 1.34. The van der Waals surface area contributed by atoms with Crippen molar-refractivity contribution in [2.45, 2.75) is 19.8 Å². The lowest BCUT2D eigenvalue weighted by Crippen LogP contribution is -2.29. The molecule has 0 heterocycles. The maximum Gasteiger partial charge on any atom is 0.319 e. The van der Waals surface area contributed by atoms with Crippen molar-refractivity contribution < 1.29 is 9.53 Å². The van der Waals surface area contributed by atoms with Gasteiger partial charge in [0.15, 0.2) is 0 Å². The average molecular weight is 237 g/mol. The molecule has 0 bridgehead atoms. The van der Waals surface area contributed by atoms with Crippen molar-refractivity contribution in [3.05, 3.63) is 18.2 Å². The highest BCUT2D eigenvalue weighted by Gasteiger charge is 2.04. The molecule has 5 nitrogen and oxygen atoms in total. The van der Waals surface area contributed by atoms with Crippen LogP contribution in [-0.4, -0.2) is 19.7 Å². The minimum atomic E-state index is -0.217. The number of amides is 2. The number of hydrogen-bond acceptors (Lipinski definition) is 3. The van der Waals surface area contributed by atoms with Gasteiger partial charge in [0.1, 0.15) is 5.75 Å². The van der Waals surface area contributed by atoms with Crippen LogP contribution < -0.4 is 21.1 Å². The molecule has 2 amide bonds. The van der Waals surface area contributed by atoms with Crippen LogP contribution >= 0.6 is 0 Å². The number of nitrogen functional groups attached to an aromatic ring is 1. The number of hydrogen-bond donors (Lipinski definition) is 3. The van der Waals surface area contributed by atoms with Crippen LogP contribution in [0.2, 0.25) is 0 Å². The van der Waals surface area contributed by atoms with Gasteiger partial charge in [-0.05, 0) is 18.6 Å². The molecule has 1 aromatic rings. The molecule has 5 heteroatoms. The van der Waals surface area contributed by atoms with E-state index in [2.05, 4.69) is 17.6 Å². The molecule has 94 valence electrons. The van der Waals surface area contributed by atoms with Crippen LogP contribution in [0.15, 0.2) is 18.2 Å². The molecule has 17 heavy (non-hydrogen) atoms. The van der Waals surface area contributed by atoms with Gasteiger partial charge in [0.05, 0.1) is 12.8 Å². The largest absolute Gasteiger partial charge is 0.495 e. The highest BCUT2D eigenvalue weighted by atomic mass is 16.5. The molecule has 0 atom stereocenters. The highest BCUT2D eigenvalue weighted by Crippen LogP contribution is 2.24. The number of ether oxygens (including phenoxy) is 1. The predicted molar refractivity (Wildman–Crippen MR) is 69.3 cm³/mol. The Labute approximate surface area is 101 Å². The van der Waals surface area contributed by atoms with E-state index in [-0.39, 0.29) is 6.03 Å². The summed E-state index contributed by atoms with van der Waals surface area (Å²) in [5.41, 5.74) is 6.88. The number of carbonyl (C=O) groups is 1. The molecular weight excluding hydrogens is 218 g/mol. The van der Waals surface area contributed by atoms with Crippen molar-refractivity contribution in [3.63, 3.8) is 0 Å². The van der Waals surface area contributed by atoms with E-state index >= 15 is 0 Å². The molecule has 0 aromatic heterocycles. The second-order valence-corrected chi connectivity index (χ2v) is 3.69. The van der Waals surface area contributed by atoms with Gasteiger partial charge in [-0.25, -0.2) is 4.79 Å². The summed E-state index contributed by atoms with van der Waals surface area (Å²) in [6.45, 7) is 2.75. The summed E-state index contributed by atoms with van der Waals surface area (Å²) < 4.78 is 5.07. The zero-order valence-electron chi connectivity index (χ0n) is 10.2. The summed E-state index contributed by atoms with van der Waals surface area (Å²) in [4.78, 5) is 11.5. The van der Waals surface area contributed by atoms with Crippen LogP contribution in [0.1, 0.15) is 19.8 Å². The van der Waals surface area contributed by atoms with Crippen molar-refractivity contribution in [1.29, 1.82) is 0 Å². The Morgan fingerprint density at radius 2 is 2.24 bits per heavy atom. The summed E-state index contributed by atoms with van der Waals surface area (Å²) in [7, 11) is 1.54. The molecule has 4 N–H and O–H groups in total. The van der Waals surface area contributed by atoms with Gasteiger partial charge >= 0.3 is 6.03 Å². The van der Waals surface area contributed by atoms with Gasteiger partial charge in [-0.1, -0.05) is 13.3 Å². The minimum absolute atomic E-state index is 0.217. The van der Waals surface area contributed by atoms with E-state index in [1.165, 1.54) is 7.11 Å². The second kappa shape index (κ2) is 6.62. The van der Waals surface area contributed by atoms with Gasteiger partial charge in [0.2, 0.25) is 0 Å². The smallest absolute Gasteiger partial charge is 0.319 e. The maximum absolute atomic E-state index is 11.5. The van der Waals surface area contributed by atoms with Crippen LogP contribution in [0, 0.1) is 0 Å². The third-order valence-corrected chi connectivity index (χ3v) is 2.31. The molecule has 0 spiro atoms. The normalized spacial score (nSPS) is 9.76. The van der Waals surface area contributed by atoms with Crippen LogP contribution in [0.3, 0.4) is 0 Å². The number of anilines is 2. The van der Waals surface area contributed by atoms with Crippen LogP contribution in [-0.2, 0) is 0 Å². The van der Waals surface area contributed by atoms with Crippen molar-refractivity contribution in [2.75, 3.05) is 24.7 Å². The van der Waals surface area contributed by atoms with Crippen LogP contribution in [0.25, 0.3) is 0 Å². The predicted octanol–water partition coefficient (Wildman–Crippen LogP) is 2.20. The van der Waals surface area contributed by atoms with Crippen LogP contribution in [0.4, 0.5) is 16.2 Å². The topological polar surface area (TPSA) is 76.4 Å². The molecule has 1 aromatic carbocycles. The minimum Gasteiger partial charge on any atom is -0.495 e. The summed E-state index contributed by atoms with van der Waals surface area (Å²) in [5.74, 6) is 0.552. The molecular formula is C12H19N3O2. The average Bonchev–Trinajstić information content (AvgIpc) is 2.32. The standard InChI is InChI=1S/C12H19N3O2/c1-3-4-7-14-12(16)15-9-5-6-10(13)11(8-9)17-2/h5-6,8H,3-4,7,13H2,1-2H3,(H2,14,15,16). The van der Waals surface area contributed by atoms with E-state index in [1.54, 1.807) is 18.2 Å².